The zero-order valence-electron chi connectivity index (χ0n) is 19.0. The summed E-state index contributed by atoms with van der Waals surface area (Å²) in [6.45, 7) is 0. The highest BCUT2D eigenvalue weighted by Crippen LogP contribution is 2.25. The zero-order chi connectivity index (χ0) is 24.6. The molecule has 0 aromatic heterocycles. The van der Waals surface area contributed by atoms with Crippen molar-refractivity contribution in [3.05, 3.63) is 143 Å². The van der Waals surface area contributed by atoms with Crippen LogP contribution in [0.4, 0.5) is 0 Å². The first-order valence-corrected chi connectivity index (χ1v) is 11.2. The number of carbonyl (C=O) groups is 2. The number of aromatic hydroxyl groups is 2. The average Bonchev–Trinajstić information content (AvgIpc) is 2.90. The Bertz CT molecular complexity index is 1290. The molecule has 0 saturated heterocycles. The topological polar surface area (TPSA) is 74.6 Å². The predicted octanol–water partition coefficient (Wildman–Crippen LogP) is 6.48. The number of hydrogen-bond donors (Lipinski definition) is 2. The summed E-state index contributed by atoms with van der Waals surface area (Å²) in [6, 6.07) is 28.4. The van der Waals surface area contributed by atoms with Gasteiger partial charge in [-0.1, -0.05) is 72.8 Å². The van der Waals surface area contributed by atoms with E-state index in [1.807, 2.05) is 36.4 Å². The van der Waals surface area contributed by atoms with Gasteiger partial charge >= 0.3 is 0 Å². The van der Waals surface area contributed by atoms with Crippen LogP contribution >= 0.6 is 0 Å². The number of ketones is 2. The molecular formula is C31H24O4. The van der Waals surface area contributed by atoms with E-state index in [2.05, 4.69) is 0 Å². The molecule has 0 saturated carbocycles. The summed E-state index contributed by atoms with van der Waals surface area (Å²) in [5.41, 5.74) is 4.09. The second-order valence-corrected chi connectivity index (χ2v) is 8.09. The first kappa shape index (κ1) is 23.5. The smallest absolute Gasteiger partial charge is 0.185 e. The summed E-state index contributed by atoms with van der Waals surface area (Å²) in [4.78, 5) is 24.7. The maximum atomic E-state index is 12.4. The van der Waals surface area contributed by atoms with E-state index in [1.54, 1.807) is 72.8 Å². The minimum atomic E-state index is -0.143. The van der Waals surface area contributed by atoms with Gasteiger partial charge in [-0.25, -0.2) is 0 Å². The van der Waals surface area contributed by atoms with Crippen LogP contribution in [0.2, 0.25) is 0 Å². The Morgan fingerprint density at radius 3 is 1.37 bits per heavy atom. The van der Waals surface area contributed by atoms with Crippen molar-refractivity contribution >= 4 is 23.7 Å². The summed E-state index contributed by atoms with van der Waals surface area (Å²) >= 11 is 0. The Kier molecular flexibility index (Phi) is 7.34. The van der Waals surface area contributed by atoms with Gasteiger partial charge in [-0.3, -0.25) is 9.59 Å². The van der Waals surface area contributed by atoms with Gasteiger partial charge in [-0.2, -0.15) is 0 Å². The molecule has 4 nitrogen and oxygen atoms in total. The van der Waals surface area contributed by atoms with E-state index >= 15 is 0 Å². The van der Waals surface area contributed by atoms with Crippen LogP contribution in [0.5, 0.6) is 11.5 Å². The Labute approximate surface area is 204 Å². The molecule has 0 spiro atoms. The van der Waals surface area contributed by atoms with E-state index in [-0.39, 0.29) is 23.1 Å². The van der Waals surface area contributed by atoms with E-state index in [0.717, 1.165) is 11.1 Å². The first-order valence-electron chi connectivity index (χ1n) is 11.2. The van der Waals surface area contributed by atoms with Crippen LogP contribution in [0.25, 0.3) is 12.2 Å². The summed E-state index contributed by atoms with van der Waals surface area (Å²) in [6.07, 6.45) is 6.65. The lowest BCUT2D eigenvalue weighted by atomic mass is 9.99. The van der Waals surface area contributed by atoms with Crippen molar-refractivity contribution in [2.24, 2.45) is 0 Å². The molecule has 0 fully saturated rings. The minimum absolute atomic E-state index is 0.0830. The SMILES string of the molecule is O=C(/C=C/c1cc(Cc2ccc(O)c(/C=C/C(=O)c3ccccc3)c2)ccc1O)c1ccccc1. The van der Waals surface area contributed by atoms with Crippen LogP contribution in [0, 0.1) is 0 Å². The third-order valence-electron chi connectivity index (χ3n) is 5.54. The molecule has 0 unspecified atom stereocenters. The summed E-state index contributed by atoms with van der Waals surface area (Å²) in [7, 11) is 0. The van der Waals surface area contributed by atoms with Crippen molar-refractivity contribution < 1.29 is 19.8 Å². The van der Waals surface area contributed by atoms with Crippen molar-refractivity contribution in [1.29, 1.82) is 0 Å². The highest BCUT2D eigenvalue weighted by Gasteiger charge is 2.07. The number of rotatable bonds is 8. The van der Waals surface area contributed by atoms with Gasteiger partial charge < -0.3 is 10.2 Å². The van der Waals surface area contributed by atoms with E-state index in [4.69, 9.17) is 0 Å². The van der Waals surface area contributed by atoms with Crippen molar-refractivity contribution in [2.75, 3.05) is 0 Å². The molecule has 4 heteroatoms. The zero-order valence-corrected chi connectivity index (χ0v) is 19.0. The van der Waals surface area contributed by atoms with Crippen LogP contribution in [0.3, 0.4) is 0 Å². The summed E-state index contributed by atoms with van der Waals surface area (Å²) in [5.74, 6) is -0.120. The van der Waals surface area contributed by atoms with Gasteiger partial charge in [0, 0.05) is 22.3 Å². The molecule has 0 aliphatic heterocycles. The van der Waals surface area contributed by atoms with Crippen LogP contribution in [-0.2, 0) is 6.42 Å². The van der Waals surface area contributed by atoms with Crippen LogP contribution in [0.15, 0.2) is 109 Å². The molecule has 0 aliphatic rings. The number of carbonyl (C=O) groups excluding carboxylic acids is 2. The van der Waals surface area contributed by atoms with Crippen LogP contribution in [0.1, 0.15) is 43.0 Å². The third kappa shape index (κ3) is 6.21. The number of phenols is 2. The molecular weight excluding hydrogens is 436 g/mol. The van der Waals surface area contributed by atoms with E-state index < -0.39 is 0 Å². The fraction of sp³-hybridized carbons (Fsp3) is 0.0323. The van der Waals surface area contributed by atoms with Crippen LogP contribution < -0.4 is 0 Å². The van der Waals surface area contributed by atoms with Crippen molar-refractivity contribution in [3.63, 3.8) is 0 Å². The highest BCUT2D eigenvalue weighted by molar-refractivity contribution is 6.07. The predicted molar refractivity (Wildman–Crippen MR) is 139 cm³/mol. The van der Waals surface area contributed by atoms with Gasteiger partial charge in [0.15, 0.2) is 11.6 Å². The molecule has 2 N–H and O–H groups in total. The molecule has 0 radical (unpaired) electrons. The molecule has 0 atom stereocenters. The lowest BCUT2D eigenvalue weighted by Gasteiger charge is -2.08. The van der Waals surface area contributed by atoms with E-state index in [9.17, 15) is 19.8 Å². The fourth-order valence-electron chi connectivity index (χ4n) is 3.66. The van der Waals surface area contributed by atoms with Gasteiger partial charge in [0.25, 0.3) is 0 Å². The van der Waals surface area contributed by atoms with Gasteiger partial charge in [-0.05, 0) is 66.1 Å². The first-order chi connectivity index (χ1) is 17.0. The molecule has 172 valence electrons. The molecule has 35 heavy (non-hydrogen) atoms. The van der Waals surface area contributed by atoms with Gasteiger partial charge in [0.2, 0.25) is 0 Å². The molecule has 0 bridgehead atoms. The average molecular weight is 461 g/mol. The maximum Gasteiger partial charge on any atom is 0.185 e. The number of hydrogen-bond acceptors (Lipinski definition) is 4. The fourth-order valence-corrected chi connectivity index (χ4v) is 3.66. The molecule has 4 rings (SSSR count). The lowest BCUT2D eigenvalue weighted by Crippen LogP contribution is -1.94. The lowest BCUT2D eigenvalue weighted by molar-refractivity contribution is 0.103. The quantitative estimate of drug-likeness (QED) is 0.233. The normalized spacial score (nSPS) is 11.2. The van der Waals surface area contributed by atoms with Gasteiger partial charge in [0.05, 0.1) is 0 Å². The largest absolute Gasteiger partial charge is 0.507 e. The maximum absolute atomic E-state index is 12.4. The van der Waals surface area contributed by atoms with Crippen LogP contribution in [-0.4, -0.2) is 21.8 Å². The monoisotopic (exact) mass is 460 g/mol. The Morgan fingerprint density at radius 2 is 0.971 bits per heavy atom. The van der Waals surface area contributed by atoms with Gasteiger partial charge in [0.1, 0.15) is 11.5 Å². The van der Waals surface area contributed by atoms with Gasteiger partial charge in [-0.15, -0.1) is 0 Å². The molecule has 4 aromatic rings. The molecule has 4 aromatic carbocycles. The van der Waals surface area contributed by atoms with Crippen molar-refractivity contribution in [3.8, 4) is 11.5 Å². The number of phenolic OH excluding ortho intramolecular Hbond substituents is 2. The standard InChI is InChI=1S/C31H24O4/c32-28(24-7-3-1-4-8-24)17-13-26-20-22(11-15-30(26)34)19-23-12-16-31(35)27(21-23)14-18-29(33)25-9-5-2-6-10-25/h1-18,20-21,34-35H,19H2/b17-13+,18-14+. The van der Waals surface area contributed by atoms with Crippen molar-refractivity contribution in [2.45, 2.75) is 6.42 Å². The Morgan fingerprint density at radius 1 is 0.571 bits per heavy atom. The number of allylic oxidation sites excluding steroid dienone is 2. The highest BCUT2D eigenvalue weighted by atomic mass is 16.3. The second kappa shape index (κ2) is 10.9. The van der Waals surface area contributed by atoms with E-state index in [0.29, 0.717) is 28.7 Å². The molecule has 0 aliphatic carbocycles. The number of benzene rings is 4. The Hall–Kier alpha value is -4.70. The Balaban J connectivity index is 1.50. The van der Waals surface area contributed by atoms with Crippen molar-refractivity contribution in [1.82, 2.24) is 0 Å². The van der Waals surface area contributed by atoms with E-state index in [1.165, 1.54) is 12.2 Å². The molecule has 0 heterocycles. The third-order valence-corrected chi connectivity index (χ3v) is 5.54. The molecule has 0 amide bonds. The summed E-state index contributed by atoms with van der Waals surface area (Å²) in [5, 5.41) is 20.5. The summed E-state index contributed by atoms with van der Waals surface area (Å²) < 4.78 is 0. The second-order valence-electron chi connectivity index (χ2n) is 8.09. The minimum Gasteiger partial charge on any atom is -0.507 e.